The van der Waals surface area contributed by atoms with E-state index in [4.69, 9.17) is 0 Å². The smallest absolute Gasteiger partial charge is 0.105 e. The maximum absolute atomic E-state index is 11.2. The summed E-state index contributed by atoms with van der Waals surface area (Å²) >= 11 is 0. The van der Waals surface area contributed by atoms with E-state index in [9.17, 15) is 5.11 Å². The van der Waals surface area contributed by atoms with Crippen molar-refractivity contribution < 1.29 is 5.11 Å². The average Bonchev–Trinajstić information content (AvgIpc) is 2.73. The standard InChI is InChI=1S/C24H26N2O/c1-2-21-13-15-25-17-24(21,27)22-10-7-18(8-11-22)5-6-19-9-12-23-20(16-19)4-3-14-26-23/h3-12,14,16,21,25,27H,2,13,15,17H2,1H3/b6-5+. The average molecular weight is 358 g/mol. The normalized spacial score (nSPS) is 23.1. The van der Waals surface area contributed by atoms with E-state index in [2.05, 4.69) is 77.9 Å². The second-order valence-corrected chi connectivity index (χ2v) is 7.41. The van der Waals surface area contributed by atoms with Gasteiger partial charge in [-0.05, 0) is 53.8 Å². The maximum atomic E-state index is 11.2. The Morgan fingerprint density at radius 2 is 1.89 bits per heavy atom. The monoisotopic (exact) mass is 358 g/mol. The summed E-state index contributed by atoms with van der Waals surface area (Å²) in [6.07, 6.45) is 8.06. The molecule has 1 aromatic heterocycles. The lowest BCUT2D eigenvalue weighted by Crippen LogP contribution is -2.49. The maximum Gasteiger partial charge on any atom is 0.105 e. The molecule has 0 aliphatic carbocycles. The molecule has 27 heavy (non-hydrogen) atoms. The van der Waals surface area contributed by atoms with Gasteiger partial charge in [0, 0.05) is 18.1 Å². The summed E-state index contributed by atoms with van der Waals surface area (Å²) in [7, 11) is 0. The van der Waals surface area contributed by atoms with Gasteiger partial charge in [-0.3, -0.25) is 4.98 Å². The van der Waals surface area contributed by atoms with Crippen molar-refractivity contribution in [3.8, 4) is 0 Å². The Bertz CT molecular complexity index is 948. The number of nitrogens with zero attached hydrogens (tertiary/aromatic N) is 1. The molecule has 3 nitrogen and oxygen atoms in total. The molecule has 2 heterocycles. The van der Waals surface area contributed by atoms with E-state index >= 15 is 0 Å². The Kier molecular flexibility index (Phi) is 5.06. The number of pyridine rings is 1. The number of aromatic nitrogens is 1. The van der Waals surface area contributed by atoms with Crippen molar-refractivity contribution in [1.29, 1.82) is 0 Å². The van der Waals surface area contributed by atoms with Crippen LogP contribution in [0.25, 0.3) is 23.1 Å². The summed E-state index contributed by atoms with van der Waals surface area (Å²) in [5.41, 5.74) is 3.54. The highest BCUT2D eigenvalue weighted by atomic mass is 16.3. The first-order valence-corrected chi connectivity index (χ1v) is 9.75. The molecule has 2 aromatic carbocycles. The van der Waals surface area contributed by atoms with Crippen molar-refractivity contribution >= 4 is 23.1 Å². The van der Waals surface area contributed by atoms with Crippen molar-refractivity contribution in [3.63, 3.8) is 0 Å². The van der Waals surface area contributed by atoms with Gasteiger partial charge in [-0.2, -0.15) is 0 Å². The number of aliphatic hydroxyl groups is 1. The first-order valence-electron chi connectivity index (χ1n) is 9.75. The zero-order valence-electron chi connectivity index (χ0n) is 15.7. The number of nitrogens with one attached hydrogen (secondary N) is 1. The number of piperidine rings is 1. The minimum atomic E-state index is -0.763. The van der Waals surface area contributed by atoms with Crippen LogP contribution < -0.4 is 5.32 Å². The number of fused-ring (bicyclic) bond motifs is 1. The Hall–Kier alpha value is -2.49. The van der Waals surface area contributed by atoms with Crippen LogP contribution in [0.5, 0.6) is 0 Å². The van der Waals surface area contributed by atoms with Gasteiger partial charge < -0.3 is 10.4 Å². The summed E-state index contributed by atoms with van der Waals surface area (Å²) in [5, 5.41) is 15.7. The van der Waals surface area contributed by atoms with Crippen LogP contribution in [0.1, 0.15) is 36.5 Å². The van der Waals surface area contributed by atoms with Crippen LogP contribution in [0.3, 0.4) is 0 Å². The Morgan fingerprint density at radius 3 is 2.70 bits per heavy atom. The topological polar surface area (TPSA) is 45.1 Å². The van der Waals surface area contributed by atoms with E-state index in [1.807, 2.05) is 12.3 Å². The zero-order valence-corrected chi connectivity index (χ0v) is 15.7. The SMILES string of the molecule is CCC1CCNCC1(O)c1ccc(/C=C/c2ccc3ncccc3c2)cc1. The largest absolute Gasteiger partial charge is 0.384 e. The van der Waals surface area contributed by atoms with E-state index < -0.39 is 5.60 Å². The lowest BCUT2D eigenvalue weighted by atomic mass is 9.75. The number of β-amino-alcohol motifs (C(OH)–C–C–N with tert-alkyl or cyclic N) is 1. The molecule has 2 N–H and O–H groups in total. The Balaban J connectivity index is 1.54. The molecule has 0 amide bonds. The third kappa shape index (κ3) is 3.66. The predicted molar refractivity (Wildman–Crippen MR) is 112 cm³/mol. The fourth-order valence-corrected chi connectivity index (χ4v) is 4.09. The summed E-state index contributed by atoms with van der Waals surface area (Å²) in [6.45, 7) is 3.78. The lowest BCUT2D eigenvalue weighted by molar-refractivity contribution is -0.0433. The van der Waals surface area contributed by atoms with Gasteiger partial charge in [-0.1, -0.05) is 61.9 Å². The molecule has 3 aromatic rings. The van der Waals surface area contributed by atoms with Crippen LogP contribution in [0.15, 0.2) is 60.8 Å². The molecule has 2 unspecified atom stereocenters. The molecule has 0 saturated carbocycles. The molecule has 4 rings (SSSR count). The van der Waals surface area contributed by atoms with E-state index in [1.54, 1.807) is 0 Å². The van der Waals surface area contributed by atoms with Crippen LogP contribution in [-0.2, 0) is 5.60 Å². The summed E-state index contributed by atoms with van der Waals surface area (Å²) in [4.78, 5) is 4.36. The lowest BCUT2D eigenvalue weighted by Gasteiger charge is -2.40. The van der Waals surface area contributed by atoms with Crippen molar-refractivity contribution in [2.75, 3.05) is 13.1 Å². The molecular formula is C24H26N2O. The number of benzene rings is 2. The van der Waals surface area contributed by atoms with E-state index in [0.29, 0.717) is 12.5 Å². The molecule has 2 atom stereocenters. The van der Waals surface area contributed by atoms with Crippen LogP contribution in [0, 0.1) is 5.92 Å². The summed E-state index contributed by atoms with van der Waals surface area (Å²) < 4.78 is 0. The van der Waals surface area contributed by atoms with Gasteiger partial charge in [0.2, 0.25) is 0 Å². The number of hydrogen-bond acceptors (Lipinski definition) is 3. The number of hydrogen-bond donors (Lipinski definition) is 2. The number of rotatable bonds is 4. The molecule has 1 aliphatic heterocycles. The molecule has 3 heteroatoms. The fraction of sp³-hybridized carbons (Fsp3) is 0.292. The molecule has 1 fully saturated rings. The molecule has 1 aliphatic rings. The Morgan fingerprint density at radius 1 is 1.11 bits per heavy atom. The molecule has 1 saturated heterocycles. The van der Waals surface area contributed by atoms with Gasteiger partial charge in [-0.15, -0.1) is 0 Å². The molecule has 0 bridgehead atoms. The summed E-state index contributed by atoms with van der Waals surface area (Å²) in [6, 6.07) is 18.6. The van der Waals surface area contributed by atoms with Crippen LogP contribution in [0.2, 0.25) is 0 Å². The molecule has 138 valence electrons. The molecular weight excluding hydrogens is 332 g/mol. The van der Waals surface area contributed by atoms with Crippen molar-refractivity contribution in [2.24, 2.45) is 5.92 Å². The van der Waals surface area contributed by atoms with Gasteiger partial charge in [0.1, 0.15) is 5.60 Å². The van der Waals surface area contributed by atoms with Crippen molar-refractivity contribution in [3.05, 3.63) is 77.5 Å². The van der Waals surface area contributed by atoms with Crippen LogP contribution in [0.4, 0.5) is 0 Å². The highest BCUT2D eigenvalue weighted by Crippen LogP contribution is 2.36. The van der Waals surface area contributed by atoms with E-state index in [0.717, 1.165) is 47.0 Å². The predicted octanol–water partition coefficient (Wildman–Crippen LogP) is 4.61. The van der Waals surface area contributed by atoms with Gasteiger partial charge in [0.05, 0.1) is 5.52 Å². The highest BCUT2D eigenvalue weighted by Gasteiger charge is 2.39. The van der Waals surface area contributed by atoms with Gasteiger partial charge in [0.25, 0.3) is 0 Å². The second kappa shape index (κ2) is 7.63. The second-order valence-electron chi connectivity index (χ2n) is 7.41. The van der Waals surface area contributed by atoms with Gasteiger partial charge in [0.15, 0.2) is 0 Å². The third-order valence-electron chi connectivity index (χ3n) is 5.74. The highest BCUT2D eigenvalue weighted by molar-refractivity contribution is 5.82. The third-order valence-corrected chi connectivity index (χ3v) is 5.74. The van der Waals surface area contributed by atoms with E-state index in [-0.39, 0.29) is 0 Å². The zero-order chi connectivity index (χ0) is 18.7. The summed E-state index contributed by atoms with van der Waals surface area (Å²) in [5.74, 6) is 0.311. The molecule has 0 radical (unpaired) electrons. The van der Waals surface area contributed by atoms with Crippen molar-refractivity contribution in [1.82, 2.24) is 10.3 Å². The fourth-order valence-electron chi connectivity index (χ4n) is 4.09. The van der Waals surface area contributed by atoms with E-state index in [1.165, 1.54) is 0 Å². The minimum absolute atomic E-state index is 0.311. The quantitative estimate of drug-likeness (QED) is 0.669. The van der Waals surface area contributed by atoms with Crippen LogP contribution in [-0.4, -0.2) is 23.2 Å². The minimum Gasteiger partial charge on any atom is -0.384 e. The van der Waals surface area contributed by atoms with Gasteiger partial charge in [-0.25, -0.2) is 0 Å². The van der Waals surface area contributed by atoms with Crippen molar-refractivity contribution in [2.45, 2.75) is 25.4 Å². The Labute approximate surface area is 160 Å². The van der Waals surface area contributed by atoms with Crippen LogP contribution >= 0.6 is 0 Å². The molecule has 0 spiro atoms. The first kappa shape index (κ1) is 17.9. The first-order chi connectivity index (χ1) is 13.2. The van der Waals surface area contributed by atoms with Gasteiger partial charge >= 0.3 is 0 Å².